The largest absolute Gasteiger partial charge is 0.494 e. The first kappa shape index (κ1) is 48.9. The predicted molar refractivity (Wildman–Crippen MR) is 210 cm³/mol. The minimum atomic E-state index is -4.60. The summed E-state index contributed by atoms with van der Waals surface area (Å²) in [7, 11) is 0. The number of halogens is 14. The van der Waals surface area contributed by atoms with Crippen molar-refractivity contribution in [1.82, 2.24) is 0 Å². The fraction of sp³-hybridized carbons (Fsp3) is 0.255. The zero-order valence-corrected chi connectivity index (χ0v) is 33.9. The molecule has 0 aromatic heterocycles. The summed E-state index contributed by atoms with van der Waals surface area (Å²) < 4.78 is 218. The molecule has 0 saturated carbocycles. The molecule has 6 rings (SSSR count). The van der Waals surface area contributed by atoms with E-state index in [9.17, 15) is 61.9 Å². The molecule has 5 nitrogen and oxygen atoms in total. The van der Waals surface area contributed by atoms with Gasteiger partial charge < -0.3 is 18.9 Å². The molecule has 350 valence electrons. The number of allylic oxidation sites excluding steroid dienone is 2. The molecular weight excluding hydrogens is 910 g/mol. The van der Waals surface area contributed by atoms with Gasteiger partial charge in [0, 0.05) is 48.6 Å². The van der Waals surface area contributed by atoms with Crippen LogP contribution >= 0.6 is 0 Å². The normalized spacial score (nSPS) is 15.2. The Kier molecular flexibility index (Phi) is 15.4. The third-order valence-corrected chi connectivity index (χ3v) is 10.1. The van der Waals surface area contributed by atoms with Crippen LogP contribution in [0.3, 0.4) is 0 Å². The number of unbranched alkanes of at least 4 members (excludes halogenated alkanes) is 2. The molecule has 1 aliphatic carbocycles. The maximum atomic E-state index is 15.1. The molecule has 0 N–H and O–H groups in total. The Morgan fingerprint density at radius 2 is 1.00 bits per heavy atom. The summed E-state index contributed by atoms with van der Waals surface area (Å²) in [6.45, 7) is 0.426. The Labute approximate surface area is 366 Å². The highest BCUT2D eigenvalue weighted by atomic mass is 19.3. The molecule has 5 aromatic rings. The summed E-state index contributed by atoms with van der Waals surface area (Å²) in [6.07, 6.45) is -7.63. The predicted octanol–water partition coefficient (Wildman–Crippen LogP) is 13.8. The second-order valence-corrected chi connectivity index (χ2v) is 14.7. The van der Waals surface area contributed by atoms with Crippen LogP contribution in [0.25, 0.3) is 11.1 Å². The van der Waals surface area contributed by atoms with Crippen molar-refractivity contribution < 1.29 is 85.2 Å². The van der Waals surface area contributed by atoms with E-state index in [0.717, 1.165) is 12.1 Å². The number of alkyl halides is 5. The van der Waals surface area contributed by atoms with Gasteiger partial charge in [-0.25, -0.2) is 43.9 Å². The highest BCUT2D eigenvalue weighted by Crippen LogP contribution is 2.42. The fourth-order valence-electron chi connectivity index (χ4n) is 6.66. The lowest BCUT2D eigenvalue weighted by Crippen LogP contribution is -2.31. The van der Waals surface area contributed by atoms with Crippen LogP contribution in [-0.2, 0) is 10.9 Å². The van der Waals surface area contributed by atoms with E-state index >= 15 is 4.39 Å². The van der Waals surface area contributed by atoms with E-state index in [0.29, 0.717) is 49.3 Å². The minimum absolute atomic E-state index is 0.000106. The summed E-state index contributed by atoms with van der Waals surface area (Å²) in [5.74, 6) is -19.6. The molecule has 0 aliphatic heterocycles. The molecule has 0 saturated heterocycles. The van der Waals surface area contributed by atoms with Crippen LogP contribution in [0, 0.1) is 46.5 Å². The number of Topliss-reactive ketones (excluding diaryl/α,β-unsaturated/α-hetero) is 1. The van der Waals surface area contributed by atoms with Gasteiger partial charge >= 0.3 is 12.2 Å². The number of hydrogen-bond acceptors (Lipinski definition) is 5. The molecule has 66 heavy (non-hydrogen) atoms. The van der Waals surface area contributed by atoms with Gasteiger partial charge in [-0.05, 0) is 73.2 Å². The van der Waals surface area contributed by atoms with E-state index in [-0.39, 0.29) is 67.2 Å². The molecule has 0 heterocycles. The molecular formula is C47H34F14O5. The van der Waals surface area contributed by atoms with Crippen molar-refractivity contribution in [3.63, 3.8) is 0 Å². The van der Waals surface area contributed by atoms with Crippen LogP contribution < -0.4 is 18.9 Å². The van der Waals surface area contributed by atoms with Gasteiger partial charge in [0.05, 0.1) is 18.8 Å². The third-order valence-electron chi connectivity index (χ3n) is 10.1. The Balaban J connectivity index is 0.871. The number of ketones is 1. The van der Waals surface area contributed by atoms with Gasteiger partial charge in [-0.15, -0.1) is 0 Å². The highest BCUT2D eigenvalue weighted by Gasteiger charge is 2.44. The van der Waals surface area contributed by atoms with Crippen LogP contribution in [-0.4, -0.2) is 31.3 Å². The van der Waals surface area contributed by atoms with Gasteiger partial charge in [0.1, 0.15) is 40.2 Å². The molecule has 0 amide bonds. The van der Waals surface area contributed by atoms with Gasteiger partial charge in [-0.2, -0.15) is 17.6 Å². The summed E-state index contributed by atoms with van der Waals surface area (Å²) in [4.78, 5) is 12.4. The van der Waals surface area contributed by atoms with Gasteiger partial charge in [0.25, 0.3) is 0 Å². The molecule has 0 radical (unpaired) electrons. The second kappa shape index (κ2) is 20.8. The molecule has 1 aliphatic rings. The smallest absolute Gasteiger partial charge is 0.429 e. The van der Waals surface area contributed by atoms with Crippen molar-refractivity contribution in [3.8, 4) is 34.1 Å². The van der Waals surface area contributed by atoms with Gasteiger partial charge in [0.2, 0.25) is 0 Å². The summed E-state index contributed by atoms with van der Waals surface area (Å²) >= 11 is 0. The van der Waals surface area contributed by atoms with Gasteiger partial charge in [-0.1, -0.05) is 36.4 Å². The van der Waals surface area contributed by atoms with E-state index < -0.39 is 105 Å². The summed E-state index contributed by atoms with van der Waals surface area (Å²) in [6, 6.07) is 13.2. The first-order chi connectivity index (χ1) is 31.2. The summed E-state index contributed by atoms with van der Waals surface area (Å²) in [5.41, 5.74) is -3.18. The van der Waals surface area contributed by atoms with E-state index in [1.807, 2.05) is 0 Å². The van der Waals surface area contributed by atoms with Crippen LogP contribution in [0.4, 0.5) is 61.5 Å². The molecule has 0 bridgehead atoms. The van der Waals surface area contributed by atoms with Crippen LogP contribution in [0.15, 0.2) is 108 Å². The van der Waals surface area contributed by atoms with Gasteiger partial charge in [0.15, 0.2) is 52.7 Å². The molecule has 5 aromatic carbocycles. The van der Waals surface area contributed by atoms with Crippen molar-refractivity contribution in [2.75, 3.05) is 13.2 Å². The molecule has 2 unspecified atom stereocenters. The quantitative estimate of drug-likeness (QED) is 0.0442. The maximum Gasteiger partial charge on any atom is 0.429 e. The van der Waals surface area contributed by atoms with Crippen molar-refractivity contribution in [2.45, 2.75) is 62.8 Å². The van der Waals surface area contributed by atoms with E-state index in [1.54, 1.807) is 0 Å². The standard InChI is InChI=1S/C47H34F14O5/c48-36-21-30(22-37(49)44(36)56)65-46(58,59)34-17-15-32(40(52)42(34)54)25-7-11-28(12-8-25)63-19-3-1-5-27(62)6-2-4-20-64-29-13-9-26(10-14-29)33-16-18-35(43(55)41(33)53)47(60,61)66-31-23-38(50)45(57)39(51)24-31/h7-18,21-24,32,40H,1-6,19-20H2. The highest BCUT2D eigenvalue weighted by molar-refractivity contribution is 5.78. The third kappa shape index (κ3) is 11.6. The molecule has 19 heteroatoms. The maximum absolute atomic E-state index is 15.1. The first-order valence-electron chi connectivity index (χ1n) is 19.9. The SMILES string of the molecule is O=C(CCCCOc1ccc(-c2ccc(C(F)(F)Oc3cc(F)c(F)c(F)c3)c(F)c2F)cc1)CCCCOc1ccc(C2C=CC(C(F)(F)Oc3cc(F)c(F)c(F)c3)=C(F)C2F)cc1. The van der Waals surface area contributed by atoms with Crippen molar-refractivity contribution in [3.05, 3.63) is 166 Å². The second-order valence-electron chi connectivity index (χ2n) is 14.7. The Morgan fingerprint density at radius 1 is 0.530 bits per heavy atom. The average molecular weight is 945 g/mol. The van der Waals surface area contributed by atoms with E-state index in [4.69, 9.17) is 9.47 Å². The van der Waals surface area contributed by atoms with Crippen LogP contribution in [0.1, 0.15) is 55.6 Å². The number of hydrogen-bond donors (Lipinski definition) is 0. The number of benzene rings is 5. The lowest BCUT2D eigenvalue weighted by Gasteiger charge is -2.26. The monoisotopic (exact) mass is 944 g/mol. The Hall–Kier alpha value is -6.53. The average Bonchev–Trinajstić information content (AvgIpc) is 3.26. The lowest BCUT2D eigenvalue weighted by atomic mass is 9.87. The van der Waals surface area contributed by atoms with Crippen LogP contribution in [0.2, 0.25) is 0 Å². The number of carbonyl (C=O) groups excluding carboxylic acids is 1. The molecule has 0 spiro atoms. The molecule has 0 fully saturated rings. The minimum Gasteiger partial charge on any atom is -0.494 e. The van der Waals surface area contributed by atoms with E-state index in [2.05, 4.69) is 9.47 Å². The number of ether oxygens (including phenoxy) is 4. The molecule has 2 atom stereocenters. The van der Waals surface area contributed by atoms with Crippen molar-refractivity contribution >= 4 is 5.78 Å². The summed E-state index contributed by atoms with van der Waals surface area (Å²) in [5, 5.41) is 0. The van der Waals surface area contributed by atoms with Gasteiger partial charge in [-0.3, -0.25) is 4.79 Å². The van der Waals surface area contributed by atoms with Crippen molar-refractivity contribution in [2.24, 2.45) is 0 Å². The Bertz CT molecular complexity index is 2550. The van der Waals surface area contributed by atoms with E-state index in [1.165, 1.54) is 48.5 Å². The zero-order valence-electron chi connectivity index (χ0n) is 33.9. The first-order valence-corrected chi connectivity index (χ1v) is 19.9. The fourth-order valence-corrected chi connectivity index (χ4v) is 6.66. The zero-order chi connectivity index (χ0) is 47.9. The lowest BCUT2D eigenvalue weighted by molar-refractivity contribution is -0.188. The van der Waals surface area contributed by atoms with Crippen LogP contribution in [0.5, 0.6) is 23.0 Å². The van der Waals surface area contributed by atoms with Crippen molar-refractivity contribution in [1.29, 1.82) is 0 Å². The number of carbonyl (C=O) groups is 1. The number of rotatable bonds is 20. The topological polar surface area (TPSA) is 54.0 Å². The Morgan fingerprint density at radius 3 is 1.50 bits per heavy atom.